The fourth-order valence-electron chi connectivity index (χ4n) is 2.04. The number of para-hydroxylation sites is 1. The van der Waals surface area contributed by atoms with Crippen molar-refractivity contribution in [3.05, 3.63) is 29.8 Å². The first kappa shape index (κ1) is 10.0. The molecule has 0 amide bonds. The summed E-state index contributed by atoms with van der Waals surface area (Å²) in [6, 6.07) is 8.22. The van der Waals surface area contributed by atoms with Crippen LogP contribution in [0, 0.1) is 5.92 Å². The predicted molar refractivity (Wildman–Crippen MR) is 59.0 cm³/mol. The third-order valence-electron chi connectivity index (χ3n) is 2.87. The van der Waals surface area contributed by atoms with Crippen LogP contribution in [0.1, 0.15) is 18.4 Å². The number of carboxylic acid groups (broad SMARTS) is 1. The van der Waals surface area contributed by atoms with Crippen LogP contribution in [0.25, 0.3) is 0 Å². The highest BCUT2D eigenvalue weighted by Crippen LogP contribution is 2.26. The summed E-state index contributed by atoms with van der Waals surface area (Å²) >= 11 is 0. The first-order chi connectivity index (χ1) is 7.25. The molecule has 0 saturated heterocycles. The zero-order chi connectivity index (χ0) is 10.7. The molecule has 3 heteroatoms. The Hall–Kier alpha value is -1.51. The van der Waals surface area contributed by atoms with E-state index in [0.717, 1.165) is 19.4 Å². The fraction of sp³-hybridized carbons (Fsp3) is 0.417. The highest BCUT2D eigenvalue weighted by atomic mass is 16.4. The molecule has 2 rings (SSSR count). The Balaban J connectivity index is 1.96. The highest BCUT2D eigenvalue weighted by molar-refractivity contribution is 5.66. The number of fused-ring (bicyclic) bond motifs is 1. The van der Waals surface area contributed by atoms with Gasteiger partial charge in [0.2, 0.25) is 0 Å². The topological polar surface area (TPSA) is 49.3 Å². The molecular formula is C12H15NO2. The van der Waals surface area contributed by atoms with Crippen molar-refractivity contribution < 1.29 is 9.90 Å². The molecule has 1 unspecified atom stereocenters. The lowest BCUT2D eigenvalue weighted by atomic mass is 9.90. The van der Waals surface area contributed by atoms with Gasteiger partial charge in [-0.25, -0.2) is 0 Å². The van der Waals surface area contributed by atoms with Crippen molar-refractivity contribution in [1.29, 1.82) is 0 Å². The van der Waals surface area contributed by atoms with Gasteiger partial charge in [0.15, 0.2) is 0 Å². The summed E-state index contributed by atoms with van der Waals surface area (Å²) in [6.45, 7) is 0.893. The smallest absolute Gasteiger partial charge is 0.303 e. The van der Waals surface area contributed by atoms with Crippen LogP contribution in [0.5, 0.6) is 0 Å². The lowest BCUT2D eigenvalue weighted by Gasteiger charge is -2.25. The van der Waals surface area contributed by atoms with E-state index in [1.54, 1.807) is 0 Å². The molecule has 1 aromatic carbocycles. The van der Waals surface area contributed by atoms with Crippen LogP contribution in [0.3, 0.4) is 0 Å². The molecule has 0 aromatic heterocycles. The summed E-state index contributed by atoms with van der Waals surface area (Å²) in [5, 5.41) is 12.0. The van der Waals surface area contributed by atoms with Crippen molar-refractivity contribution in [2.45, 2.75) is 19.3 Å². The van der Waals surface area contributed by atoms with Crippen LogP contribution < -0.4 is 5.32 Å². The molecule has 80 valence electrons. The van der Waals surface area contributed by atoms with Gasteiger partial charge in [-0.3, -0.25) is 4.79 Å². The minimum absolute atomic E-state index is 0.272. The highest BCUT2D eigenvalue weighted by Gasteiger charge is 2.18. The molecule has 3 nitrogen and oxygen atoms in total. The summed E-state index contributed by atoms with van der Waals surface area (Å²) in [7, 11) is 0. The minimum atomic E-state index is -0.700. The molecule has 2 N–H and O–H groups in total. The van der Waals surface area contributed by atoms with E-state index in [1.165, 1.54) is 11.3 Å². The molecule has 0 bridgehead atoms. The third kappa shape index (κ3) is 2.49. The van der Waals surface area contributed by atoms with Gasteiger partial charge in [-0.1, -0.05) is 18.2 Å². The molecular weight excluding hydrogens is 190 g/mol. The number of anilines is 1. The average Bonchev–Trinajstić information content (AvgIpc) is 2.26. The van der Waals surface area contributed by atoms with Crippen LogP contribution in [-0.2, 0) is 11.2 Å². The van der Waals surface area contributed by atoms with Gasteiger partial charge in [0.25, 0.3) is 0 Å². The summed E-state index contributed by atoms with van der Waals surface area (Å²) in [5.41, 5.74) is 2.50. The molecule has 1 atom stereocenters. The van der Waals surface area contributed by atoms with Crippen molar-refractivity contribution in [3.8, 4) is 0 Å². The Bertz CT molecular complexity index is 362. The molecule has 1 aliphatic heterocycles. The Morgan fingerprint density at radius 2 is 2.27 bits per heavy atom. The van der Waals surface area contributed by atoms with Crippen molar-refractivity contribution in [1.82, 2.24) is 0 Å². The van der Waals surface area contributed by atoms with E-state index in [4.69, 9.17) is 5.11 Å². The van der Waals surface area contributed by atoms with Crippen molar-refractivity contribution in [2.75, 3.05) is 11.9 Å². The van der Waals surface area contributed by atoms with E-state index >= 15 is 0 Å². The monoisotopic (exact) mass is 205 g/mol. The van der Waals surface area contributed by atoms with Gasteiger partial charge in [0.1, 0.15) is 0 Å². The van der Waals surface area contributed by atoms with E-state index in [2.05, 4.69) is 17.4 Å². The molecule has 0 radical (unpaired) electrons. The fourth-order valence-corrected chi connectivity index (χ4v) is 2.04. The zero-order valence-corrected chi connectivity index (χ0v) is 8.57. The predicted octanol–water partition coefficient (Wildman–Crippen LogP) is 2.14. The second-order valence-corrected chi connectivity index (χ2v) is 4.04. The molecule has 0 aliphatic carbocycles. The first-order valence-electron chi connectivity index (χ1n) is 5.29. The van der Waals surface area contributed by atoms with E-state index in [9.17, 15) is 4.79 Å². The molecule has 1 heterocycles. The van der Waals surface area contributed by atoms with Crippen molar-refractivity contribution >= 4 is 11.7 Å². The first-order valence-corrected chi connectivity index (χ1v) is 5.29. The molecule has 0 spiro atoms. The third-order valence-corrected chi connectivity index (χ3v) is 2.87. The Kier molecular flexibility index (Phi) is 2.90. The second-order valence-electron chi connectivity index (χ2n) is 4.04. The average molecular weight is 205 g/mol. The lowest BCUT2D eigenvalue weighted by molar-refractivity contribution is -0.137. The van der Waals surface area contributed by atoms with E-state index in [1.807, 2.05) is 12.1 Å². The SMILES string of the molecule is O=C(O)CCC1CNc2ccccc2C1. The van der Waals surface area contributed by atoms with Gasteiger partial charge < -0.3 is 10.4 Å². The minimum Gasteiger partial charge on any atom is -0.481 e. The van der Waals surface area contributed by atoms with Gasteiger partial charge in [0.05, 0.1) is 0 Å². The van der Waals surface area contributed by atoms with E-state index in [-0.39, 0.29) is 6.42 Å². The lowest BCUT2D eigenvalue weighted by Crippen LogP contribution is -2.23. The van der Waals surface area contributed by atoms with Gasteiger partial charge in [0, 0.05) is 18.7 Å². The maximum atomic E-state index is 10.5. The summed E-state index contributed by atoms with van der Waals surface area (Å²) in [4.78, 5) is 10.5. The standard InChI is InChI=1S/C12H15NO2/c14-12(15)6-5-9-7-10-3-1-2-4-11(10)13-8-9/h1-4,9,13H,5-8H2,(H,14,15). The number of carboxylic acids is 1. The van der Waals surface area contributed by atoms with Crippen molar-refractivity contribution in [2.24, 2.45) is 5.92 Å². The second kappa shape index (κ2) is 4.34. The number of hydrogen-bond donors (Lipinski definition) is 2. The van der Waals surface area contributed by atoms with Crippen LogP contribution in [0.15, 0.2) is 24.3 Å². The van der Waals surface area contributed by atoms with Gasteiger partial charge in [-0.05, 0) is 30.4 Å². The molecule has 1 aliphatic rings. The number of rotatable bonds is 3. The quantitative estimate of drug-likeness (QED) is 0.794. The zero-order valence-electron chi connectivity index (χ0n) is 8.57. The van der Waals surface area contributed by atoms with E-state index in [0.29, 0.717) is 5.92 Å². The summed E-state index contributed by atoms with van der Waals surface area (Å²) in [5.74, 6) is -0.246. The van der Waals surface area contributed by atoms with Crippen LogP contribution in [-0.4, -0.2) is 17.6 Å². The maximum Gasteiger partial charge on any atom is 0.303 e. The largest absolute Gasteiger partial charge is 0.481 e. The van der Waals surface area contributed by atoms with Crippen LogP contribution in [0.2, 0.25) is 0 Å². The van der Waals surface area contributed by atoms with E-state index < -0.39 is 5.97 Å². The van der Waals surface area contributed by atoms with Gasteiger partial charge in [-0.2, -0.15) is 0 Å². The number of carbonyl (C=O) groups is 1. The van der Waals surface area contributed by atoms with Gasteiger partial charge in [-0.15, -0.1) is 0 Å². The molecule has 15 heavy (non-hydrogen) atoms. The maximum absolute atomic E-state index is 10.5. The molecule has 0 saturated carbocycles. The Morgan fingerprint density at radius 3 is 3.07 bits per heavy atom. The van der Waals surface area contributed by atoms with Crippen LogP contribution >= 0.6 is 0 Å². The number of benzene rings is 1. The normalized spacial score (nSPS) is 19.1. The van der Waals surface area contributed by atoms with Crippen LogP contribution in [0.4, 0.5) is 5.69 Å². The Morgan fingerprint density at radius 1 is 1.47 bits per heavy atom. The molecule has 1 aromatic rings. The number of nitrogens with one attached hydrogen (secondary N) is 1. The Labute approximate surface area is 89.1 Å². The van der Waals surface area contributed by atoms with Crippen molar-refractivity contribution in [3.63, 3.8) is 0 Å². The van der Waals surface area contributed by atoms with Gasteiger partial charge >= 0.3 is 5.97 Å². The summed E-state index contributed by atoms with van der Waals surface area (Å²) in [6.07, 6.45) is 2.03. The number of aliphatic carboxylic acids is 1. The summed E-state index contributed by atoms with van der Waals surface area (Å²) < 4.78 is 0. The molecule has 0 fully saturated rings. The number of hydrogen-bond acceptors (Lipinski definition) is 2.